The van der Waals surface area contributed by atoms with Gasteiger partial charge in [-0.05, 0) is 41.8 Å². The van der Waals surface area contributed by atoms with Crippen molar-refractivity contribution in [3.05, 3.63) is 58.8 Å². The number of rotatable bonds is 10. The molecule has 0 unspecified atom stereocenters. The van der Waals surface area contributed by atoms with E-state index < -0.39 is 5.92 Å². The van der Waals surface area contributed by atoms with Gasteiger partial charge in [-0.1, -0.05) is 44.0 Å². The van der Waals surface area contributed by atoms with E-state index in [9.17, 15) is 8.78 Å². The van der Waals surface area contributed by atoms with Crippen molar-refractivity contribution >= 4 is 11.6 Å². The Morgan fingerprint density at radius 3 is 2.55 bits per heavy atom. The highest BCUT2D eigenvalue weighted by Crippen LogP contribution is 2.31. The Balaban J connectivity index is 1.59. The van der Waals surface area contributed by atoms with Gasteiger partial charge in [-0.15, -0.1) is 15.3 Å². The summed E-state index contributed by atoms with van der Waals surface area (Å²) in [7, 11) is 0. The number of alkyl halides is 2. The largest absolute Gasteiger partial charge is 0.312 e. The zero-order chi connectivity index (χ0) is 23.4. The molecule has 0 spiro atoms. The fraction of sp³-hybridized carbons (Fsp3) is 0.409. The number of nitrogens with one attached hydrogen (secondary N) is 1. The number of benzene rings is 1. The van der Waals surface area contributed by atoms with Crippen LogP contribution in [-0.4, -0.2) is 40.0 Å². The lowest BCUT2D eigenvalue weighted by Gasteiger charge is -2.11. The average molecular weight is 475 g/mol. The molecule has 0 atom stereocenters. The van der Waals surface area contributed by atoms with Gasteiger partial charge in [0.05, 0.1) is 11.6 Å². The number of aryl methyl sites for hydroxylation is 1. The summed E-state index contributed by atoms with van der Waals surface area (Å²) in [6.45, 7) is 4.15. The maximum absolute atomic E-state index is 14.4. The maximum Gasteiger partial charge on any atom is 0.308 e. The van der Waals surface area contributed by atoms with Gasteiger partial charge in [0.1, 0.15) is 11.5 Å². The number of aromatic nitrogens is 8. The third kappa shape index (κ3) is 4.95. The second kappa shape index (κ2) is 9.78. The van der Waals surface area contributed by atoms with Crippen LogP contribution in [0.3, 0.4) is 0 Å². The number of tetrazole rings is 1. The van der Waals surface area contributed by atoms with Crippen molar-refractivity contribution in [1.29, 1.82) is 0 Å². The zero-order valence-corrected chi connectivity index (χ0v) is 19.2. The number of hydrogen-bond donors (Lipinski definition) is 1. The Morgan fingerprint density at radius 1 is 1.09 bits per heavy atom. The molecule has 0 aliphatic carbocycles. The molecule has 8 nitrogen and oxygen atoms in total. The van der Waals surface area contributed by atoms with E-state index in [4.69, 9.17) is 11.6 Å². The molecular weight excluding hydrogens is 450 g/mol. The number of hydrogen-bond acceptors (Lipinski definition) is 5. The van der Waals surface area contributed by atoms with Gasteiger partial charge in [-0.2, -0.15) is 14.0 Å². The topological polar surface area (TPSA) is 90.1 Å². The molecule has 0 aliphatic rings. The minimum absolute atomic E-state index is 0.263. The molecule has 0 radical (unpaired) electrons. The fourth-order valence-electron chi connectivity index (χ4n) is 3.64. The van der Waals surface area contributed by atoms with Gasteiger partial charge in [0, 0.05) is 24.7 Å². The summed E-state index contributed by atoms with van der Waals surface area (Å²) in [4.78, 5) is 4.20. The summed E-state index contributed by atoms with van der Waals surface area (Å²) in [5.74, 6) is -2.44. The van der Waals surface area contributed by atoms with Crippen LogP contribution in [0.25, 0.3) is 17.2 Å². The van der Waals surface area contributed by atoms with Gasteiger partial charge in [-0.25, -0.2) is 9.67 Å². The third-order valence-electron chi connectivity index (χ3n) is 5.33. The number of halogens is 3. The van der Waals surface area contributed by atoms with Crippen LogP contribution < -0.4 is 0 Å². The molecule has 0 bridgehead atoms. The van der Waals surface area contributed by atoms with E-state index in [2.05, 4.69) is 37.6 Å². The van der Waals surface area contributed by atoms with Crippen molar-refractivity contribution in [2.45, 2.75) is 58.4 Å². The van der Waals surface area contributed by atoms with Crippen molar-refractivity contribution in [2.75, 3.05) is 0 Å². The summed E-state index contributed by atoms with van der Waals surface area (Å²) < 4.78 is 32.3. The molecule has 3 aromatic heterocycles. The van der Waals surface area contributed by atoms with Gasteiger partial charge in [0.2, 0.25) is 11.6 Å². The molecular formula is C22H25ClF2N8. The number of H-pyrrole nitrogens is 1. The van der Waals surface area contributed by atoms with Crippen molar-refractivity contribution in [2.24, 2.45) is 0 Å². The van der Waals surface area contributed by atoms with Gasteiger partial charge < -0.3 is 4.57 Å². The van der Waals surface area contributed by atoms with Crippen LogP contribution >= 0.6 is 11.6 Å². The van der Waals surface area contributed by atoms with Gasteiger partial charge in [0.15, 0.2) is 0 Å². The lowest BCUT2D eigenvalue weighted by Crippen LogP contribution is -2.15. The smallest absolute Gasteiger partial charge is 0.308 e. The Labute approximate surface area is 195 Å². The van der Waals surface area contributed by atoms with Crippen molar-refractivity contribution in [3.8, 4) is 17.2 Å². The predicted molar refractivity (Wildman–Crippen MR) is 120 cm³/mol. The third-order valence-corrected chi connectivity index (χ3v) is 5.64. The maximum atomic E-state index is 14.4. The number of aromatic amines is 1. The van der Waals surface area contributed by atoms with Gasteiger partial charge in [-0.3, -0.25) is 0 Å². The first-order valence-electron chi connectivity index (χ1n) is 10.9. The highest BCUT2D eigenvalue weighted by molar-refractivity contribution is 6.33. The lowest BCUT2D eigenvalue weighted by atomic mass is 10.2. The molecule has 11 heteroatoms. The van der Waals surface area contributed by atoms with E-state index in [1.54, 1.807) is 17.7 Å². The second-order valence-electron chi connectivity index (χ2n) is 7.85. The van der Waals surface area contributed by atoms with Crippen molar-refractivity contribution < 1.29 is 8.78 Å². The van der Waals surface area contributed by atoms with Crippen LogP contribution in [-0.2, 0) is 18.9 Å². The summed E-state index contributed by atoms with van der Waals surface area (Å²) in [5.41, 5.74) is 2.40. The summed E-state index contributed by atoms with van der Waals surface area (Å²) in [6.07, 6.45) is 4.35. The highest BCUT2D eigenvalue weighted by atomic mass is 35.5. The van der Waals surface area contributed by atoms with Crippen LogP contribution in [0.2, 0.25) is 5.02 Å². The Kier molecular flexibility index (Phi) is 6.83. The molecule has 174 valence electrons. The second-order valence-corrected chi connectivity index (χ2v) is 8.26. The lowest BCUT2D eigenvalue weighted by molar-refractivity contribution is -0.0232. The summed E-state index contributed by atoms with van der Waals surface area (Å²) in [6, 6.07) is 9.46. The van der Waals surface area contributed by atoms with E-state index >= 15 is 0 Å². The summed E-state index contributed by atoms with van der Waals surface area (Å²) in [5, 5.41) is 18.7. The molecule has 33 heavy (non-hydrogen) atoms. The van der Waals surface area contributed by atoms with E-state index in [0.29, 0.717) is 41.8 Å². The van der Waals surface area contributed by atoms with E-state index in [1.807, 2.05) is 35.0 Å². The first kappa shape index (κ1) is 23.0. The molecule has 1 aromatic carbocycles. The van der Waals surface area contributed by atoms with Crippen LogP contribution in [0.1, 0.15) is 56.7 Å². The molecule has 0 aliphatic heterocycles. The molecule has 1 N–H and O–H groups in total. The highest BCUT2D eigenvalue weighted by Gasteiger charge is 2.36. The molecule has 0 saturated carbocycles. The zero-order valence-electron chi connectivity index (χ0n) is 18.5. The van der Waals surface area contributed by atoms with Gasteiger partial charge >= 0.3 is 5.92 Å². The Bertz CT molecular complexity index is 1180. The standard InChI is InChI=1S/C22H25ClF2N8/c1-3-5-6-18-26-21(22(24,25)12-4-2)29-33(18)14-15-7-9-16(10-8-15)32-13-11-17(23)19(32)20-27-30-31-28-20/h7-11,13H,3-6,12,14H2,1-2H3,(H,27,28,30,31). The Hall–Kier alpha value is -3.14. The minimum atomic E-state index is -3.02. The molecule has 4 aromatic rings. The van der Waals surface area contributed by atoms with Crippen LogP contribution in [0.5, 0.6) is 0 Å². The fourth-order valence-corrected chi connectivity index (χ4v) is 3.87. The number of unbranched alkanes of at least 4 members (excludes halogenated alkanes) is 1. The SMILES string of the molecule is CCCCc1nc(C(F)(F)CCC)nn1Cc1ccc(-n2ccc(Cl)c2-c2nn[nH]n2)cc1. The van der Waals surface area contributed by atoms with Crippen LogP contribution in [0.15, 0.2) is 36.5 Å². The summed E-state index contributed by atoms with van der Waals surface area (Å²) >= 11 is 6.32. The van der Waals surface area contributed by atoms with E-state index in [1.165, 1.54) is 0 Å². The monoisotopic (exact) mass is 474 g/mol. The molecule has 0 fully saturated rings. The predicted octanol–water partition coefficient (Wildman–Crippen LogP) is 5.19. The van der Waals surface area contributed by atoms with Crippen molar-refractivity contribution in [1.82, 2.24) is 40.0 Å². The first-order chi connectivity index (χ1) is 15.9. The van der Waals surface area contributed by atoms with Crippen molar-refractivity contribution in [3.63, 3.8) is 0 Å². The molecule has 0 saturated heterocycles. The van der Waals surface area contributed by atoms with E-state index in [0.717, 1.165) is 24.1 Å². The molecule has 4 rings (SSSR count). The quantitative estimate of drug-likeness (QED) is 0.342. The molecule has 0 amide bonds. The van der Waals surface area contributed by atoms with Crippen LogP contribution in [0.4, 0.5) is 8.78 Å². The van der Waals surface area contributed by atoms with Crippen LogP contribution in [0, 0.1) is 0 Å². The van der Waals surface area contributed by atoms with E-state index in [-0.39, 0.29) is 12.2 Å². The van der Waals surface area contributed by atoms with Gasteiger partial charge in [0.25, 0.3) is 0 Å². The minimum Gasteiger partial charge on any atom is -0.312 e. The normalized spacial score (nSPS) is 11.9. The molecule has 3 heterocycles. The Morgan fingerprint density at radius 2 is 1.88 bits per heavy atom. The first-order valence-corrected chi connectivity index (χ1v) is 11.3. The average Bonchev–Trinajstić information content (AvgIpc) is 3.53. The number of nitrogens with zero attached hydrogens (tertiary/aromatic N) is 7.